The predicted octanol–water partition coefficient (Wildman–Crippen LogP) is 1.17. The molecule has 112 valence electrons. The van der Waals surface area contributed by atoms with Crippen LogP contribution < -0.4 is 11.1 Å². The molecule has 1 heterocycles. The van der Waals surface area contributed by atoms with Crippen molar-refractivity contribution in [3.05, 3.63) is 11.9 Å². The lowest BCUT2D eigenvalue weighted by Gasteiger charge is -2.27. The Hall–Kier alpha value is -1.43. The minimum atomic E-state index is -0.156. The number of aromatic nitrogens is 3. The number of carbonyl (C=O) groups excluding carboxylic acids is 1. The van der Waals surface area contributed by atoms with Gasteiger partial charge in [0.15, 0.2) is 0 Å². The van der Waals surface area contributed by atoms with E-state index in [1.807, 2.05) is 10.9 Å². The smallest absolute Gasteiger partial charge is 0.220 e. The van der Waals surface area contributed by atoms with Crippen molar-refractivity contribution in [2.75, 3.05) is 0 Å². The lowest BCUT2D eigenvalue weighted by Crippen LogP contribution is -2.36. The number of hydrogen-bond donors (Lipinski definition) is 2. The van der Waals surface area contributed by atoms with Gasteiger partial charge in [-0.1, -0.05) is 5.21 Å². The highest BCUT2D eigenvalue weighted by molar-refractivity contribution is 5.76. The Kier molecular flexibility index (Phi) is 4.42. The van der Waals surface area contributed by atoms with Gasteiger partial charge in [0.2, 0.25) is 5.91 Å². The van der Waals surface area contributed by atoms with Crippen molar-refractivity contribution in [1.29, 1.82) is 0 Å². The molecule has 1 aromatic heterocycles. The Morgan fingerprint density at radius 2 is 2.05 bits per heavy atom. The molecule has 6 nitrogen and oxygen atoms in total. The van der Waals surface area contributed by atoms with Crippen LogP contribution in [0.15, 0.2) is 6.20 Å². The average molecular weight is 279 g/mol. The van der Waals surface area contributed by atoms with E-state index in [1.54, 1.807) is 0 Å². The van der Waals surface area contributed by atoms with E-state index in [2.05, 4.69) is 36.4 Å². The Bertz CT molecular complexity index is 454. The Morgan fingerprint density at radius 1 is 1.40 bits per heavy atom. The van der Waals surface area contributed by atoms with Gasteiger partial charge in [0.05, 0.1) is 17.4 Å². The average Bonchev–Trinajstić information content (AvgIpc) is 2.85. The van der Waals surface area contributed by atoms with E-state index in [1.165, 1.54) is 0 Å². The molecule has 0 spiro atoms. The van der Waals surface area contributed by atoms with Crippen LogP contribution in [0, 0.1) is 5.92 Å². The number of primary amides is 1. The Balaban J connectivity index is 1.79. The first-order valence-electron chi connectivity index (χ1n) is 7.30. The Labute approximate surface area is 120 Å². The molecule has 3 N–H and O–H groups in total. The highest BCUT2D eigenvalue weighted by Crippen LogP contribution is 2.24. The molecule has 2 rings (SSSR count). The number of hydrogen-bond acceptors (Lipinski definition) is 4. The molecule has 1 fully saturated rings. The summed E-state index contributed by atoms with van der Waals surface area (Å²) in [5, 5.41) is 11.8. The summed E-state index contributed by atoms with van der Waals surface area (Å²) in [6, 6.07) is 0.449. The van der Waals surface area contributed by atoms with Gasteiger partial charge in [0.1, 0.15) is 0 Å². The highest BCUT2D eigenvalue weighted by atomic mass is 16.1. The number of nitrogens with two attached hydrogens (primary N) is 1. The number of nitrogens with zero attached hydrogens (tertiary/aromatic N) is 3. The molecule has 20 heavy (non-hydrogen) atoms. The van der Waals surface area contributed by atoms with Gasteiger partial charge < -0.3 is 11.1 Å². The maximum Gasteiger partial charge on any atom is 0.220 e. The number of rotatable bonds is 4. The first-order valence-corrected chi connectivity index (χ1v) is 7.30. The highest BCUT2D eigenvalue weighted by Gasteiger charge is 2.24. The summed E-state index contributed by atoms with van der Waals surface area (Å²) in [7, 11) is 0. The molecule has 0 aromatic carbocycles. The molecule has 1 aliphatic carbocycles. The number of carbonyl (C=O) groups is 1. The molecule has 0 radical (unpaired) electrons. The van der Waals surface area contributed by atoms with E-state index in [-0.39, 0.29) is 17.4 Å². The fourth-order valence-electron chi connectivity index (χ4n) is 2.54. The number of nitrogens with one attached hydrogen (secondary N) is 1. The molecule has 6 heteroatoms. The molecule has 0 unspecified atom stereocenters. The fourth-order valence-corrected chi connectivity index (χ4v) is 2.54. The van der Waals surface area contributed by atoms with Gasteiger partial charge in [0, 0.05) is 18.5 Å². The second-order valence-corrected chi connectivity index (χ2v) is 6.66. The monoisotopic (exact) mass is 279 g/mol. The minimum Gasteiger partial charge on any atom is -0.369 e. The fraction of sp³-hybridized carbons (Fsp3) is 0.786. The molecule has 0 saturated heterocycles. The van der Waals surface area contributed by atoms with Crippen LogP contribution >= 0.6 is 0 Å². The summed E-state index contributed by atoms with van der Waals surface area (Å²) in [5.41, 5.74) is 6.26. The van der Waals surface area contributed by atoms with Crippen LogP contribution in [0.25, 0.3) is 0 Å². The lowest BCUT2D eigenvalue weighted by atomic mass is 9.85. The van der Waals surface area contributed by atoms with Crippen molar-refractivity contribution in [2.24, 2.45) is 11.7 Å². The van der Waals surface area contributed by atoms with E-state index < -0.39 is 0 Å². The standard InChI is InChI=1S/C14H25N5O/c1-14(2,3)19-9-12(17-18-19)8-16-11-6-4-10(5-7-11)13(15)20/h9-11,16H,4-8H2,1-3H3,(H2,15,20). The first kappa shape index (κ1) is 15.0. The van der Waals surface area contributed by atoms with Crippen LogP contribution in [0.4, 0.5) is 0 Å². The minimum absolute atomic E-state index is 0.0369. The van der Waals surface area contributed by atoms with Crippen LogP contribution in [0.3, 0.4) is 0 Å². The van der Waals surface area contributed by atoms with Crippen molar-refractivity contribution < 1.29 is 4.79 Å². The summed E-state index contributed by atoms with van der Waals surface area (Å²) in [5.74, 6) is -0.0913. The molecule has 0 aliphatic heterocycles. The SMILES string of the molecule is CC(C)(C)n1cc(CNC2CCC(C(N)=O)CC2)nn1. The molecule has 0 bridgehead atoms. The van der Waals surface area contributed by atoms with Gasteiger partial charge in [-0.2, -0.15) is 0 Å². The van der Waals surface area contributed by atoms with Crippen molar-refractivity contribution in [1.82, 2.24) is 20.3 Å². The van der Waals surface area contributed by atoms with Crippen LogP contribution in [-0.4, -0.2) is 26.9 Å². The van der Waals surface area contributed by atoms with Gasteiger partial charge in [-0.15, -0.1) is 5.10 Å². The third-order valence-corrected chi connectivity index (χ3v) is 3.93. The molecular formula is C14H25N5O. The van der Waals surface area contributed by atoms with Crippen molar-refractivity contribution in [3.63, 3.8) is 0 Å². The van der Waals surface area contributed by atoms with Crippen molar-refractivity contribution >= 4 is 5.91 Å². The maximum atomic E-state index is 11.1. The van der Waals surface area contributed by atoms with Crippen LogP contribution in [0.2, 0.25) is 0 Å². The quantitative estimate of drug-likeness (QED) is 0.866. The molecule has 1 aliphatic rings. The zero-order chi connectivity index (χ0) is 14.8. The van der Waals surface area contributed by atoms with Crippen molar-refractivity contribution in [2.45, 2.75) is 64.6 Å². The third-order valence-electron chi connectivity index (χ3n) is 3.93. The largest absolute Gasteiger partial charge is 0.369 e. The van der Waals surface area contributed by atoms with E-state index in [4.69, 9.17) is 5.73 Å². The van der Waals surface area contributed by atoms with E-state index in [0.29, 0.717) is 6.04 Å². The van der Waals surface area contributed by atoms with Crippen LogP contribution in [-0.2, 0) is 16.9 Å². The molecule has 1 saturated carbocycles. The summed E-state index contributed by atoms with van der Waals surface area (Å²) in [6.07, 6.45) is 5.77. The summed E-state index contributed by atoms with van der Waals surface area (Å²) < 4.78 is 1.88. The van der Waals surface area contributed by atoms with Gasteiger partial charge in [-0.3, -0.25) is 4.79 Å². The van der Waals surface area contributed by atoms with Gasteiger partial charge in [-0.25, -0.2) is 4.68 Å². The zero-order valence-corrected chi connectivity index (χ0v) is 12.6. The van der Waals surface area contributed by atoms with Gasteiger partial charge >= 0.3 is 0 Å². The molecule has 0 atom stereocenters. The van der Waals surface area contributed by atoms with Gasteiger partial charge in [0.25, 0.3) is 0 Å². The molecular weight excluding hydrogens is 254 g/mol. The number of amides is 1. The summed E-state index contributed by atoms with van der Waals surface area (Å²) >= 11 is 0. The van der Waals surface area contributed by atoms with E-state index in [0.717, 1.165) is 37.9 Å². The normalized spacial score (nSPS) is 23.8. The first-order chi connectivity index (χ1) is 9.36. The second kappa shape index (κ2) is 5.91. The summed E-state index contributed by atoms with van der Waals surface area (Å²) in [4.78, 5) is 11.1. The lowest BCUT2D eigenvalue weighted by molar-refractivity contribution is -0.122. The maximum absolute atomic E-state index is 11.1. The molecule has 1 amide bonds. The van der Waals surface area contributed by atoms with Crippen molar-refractivity contribution in [3.8, 4) is 0 Å². The van der Waals surface area contributed by atoms with Gasteiger partial charge in [-0.05, 0) is 46.5 Å². The van der Waals surface area contributed by atoms with Crippen LogP contribution in [0.5, 0.6) is 0 Å². The second-order valence-electron chi connectivity index (χ2n) is 6.66. The van der Waals surface area contributed by atoms with Crippen LogP contribution in [0.1, 0.15) is 52.1 Å². The Morgan fingerprint density at radius 3 is 2.55 bits per heavy atom. The van der Waals surface area contributed by atoms with E-state index in [9.17, 15) is 4.79 Å². The summed E-state index contributed by atoms with van der Waals surface area (Å²) in [6.45, 7) is 7.03. The zero-order valence-electron chi connectivity index (χ0n) is 12.6. The van der Waals surface area contributed by atoms with E-state index >= 15 is 0 Å². The third kappa shape index (κ3) is 3.79. The molecule has 1 aromatic rings. The topological polar surface area (TPSA) is 85.8 Å². The predicted molar refractivity (Wildman–Crippen MR) is 76.8 cm³/mol.